The maximum absolute atomic E-state index is 6.18. The molecule has 0 aliphatic carbocycles. The van der Waals surface area contributed by atoms with Gasteiger partial charge in [-0.2, -0.15) is 11.8 Å². The van der Waals surface area contributed by atoms with Crippen molar-refractivity contribution in [1.82, 2.24) is 5.32 Å². The Labute approximate surface area is 127 Å². The van der Waals surface area contributed by atoms with Crippen LogP contribution in [0.4, 0.5) is 0 Å². The smallest absolute Gasteiger partial charge is 0.0783 e. The Kier molecular flexibility index (Phi) is 5.29. The Bertz CT molecular complexity index is 299. The van der Waals surface area contributed by atoms with Gasteiger partial charge in [-0.05, 0) is 56.2 Å². The lowest BCUT2D eigenvalue weighted by Crippen LogP contribution is -2.47. The van der Waals surface area contributed by atoms with E-state index in [9.17, 15) is 0 Å². The molecule has 4 unspecified atom stereocenters. The van der Waals surface area contributed by atoms with Crippen molar-refractivity contribution in [3.05, 3.63) is 0 Å². The minimum absolute atomic E-state index is 0.216. The van der Waals surface area contributed by atoms with Crippen LogP contribution in [0.2, 0.25) is 0 Å². The van der Waals surface area contributed by atoms with Crippen molar-refractivity contribution in [3.63, 3.8) is 0 Å². The Morgan fingerprint density at radius 1 is 1.35 bits per heavy atom. The normalized spacial score (nSPS) is 39.5. The minimum atomic E-state index is 0.216. The number of nitrogens with one attached hydrogen (secondary N) is 1. The molecule has 0 radical (unpaired) electrons. The van der Waals surface area contributed by atoms with E-state index in [0.717, 1.165) is 38.2 Å². The lowest BCUT2D eigenvalue weighted by atomic mass is 9.78. The van der Waals surface area contributed by atoms with E-state index < -0.39 is 0 Å². The average Bonchev–Trinajstić information content (AvgIpc) is 3.11. The molecule has 3 saturated heterocycles. The third kappa shape index (κ3) is 3.52. The van der Waals surface area contributed by atoms with E-state index in [0.29, 0.717) is 6.04 Å². The largest absolute Gasteiger partial charge is 0.381 e. The maximum Gasteiger partial charge on any atom is 0.0783 e. The average molecular weight is 299 g/mol. The standard InChI is InChI=1S/C16H29NO2S/c1-2-17-15(9-13-3-6-18-11-13)14-4-7-19-16(10-14)5-8-20-12-16/h13-15,17H,2-12H2,1H3. The fourth-order valence-electron chi connectivity index (χ4n) is 4.11. The number of hydrogen-bond acceptors (Lipinski definition) is 4. The van der Waals surface area contributed by atoms with Crippen LogP contribution >= 0.6 is 11.8 Å². The summed E-state index contributed by atoms with van der Waals surface area (Å²) in [6.45, 7) is 6.23. The highest BCUT2D eigenvalue weighted by molar-refractivity contribution is 7.99. The van der Waals surface area contributed by atoms with Crippen molar-refractivity contribution >= 4 is 11.8 Å². The summed E-state index contributed by atoms with van der Waals surface area (Å²) in [5.74, 6) is 4.07. The van der Waals surface area contributed by atoms with Crippen molar-refractivity contribution in [2.45, 2.75) is 50.7 Å². The van der Waals surface area contributed by atoms with Gasteiger partial charge in [0.1, 0.15) is 0 Å². The maximum atomic E-state index is 6.18. The van der Waals surface area contributed by atoms with Gasteiger partial charge in [0, 0.05) is 31.6 Å². The van der Waals surface area contributed by atoms with Crippen molar-refractivity contribution in [3.8, 4) is 0 Å². The minimum Gasteiger partial charge on any atom is -0.381 e. The SMILES string of the molecule is CCNC(CC1CCOC1)C1CCOC2(CCSC2)C1. The number of thioether (sulfide) groups is 1. The van der Waals surface area contributed by atoms with Crippen LogP contribution in [0.3, 0.4) is 0 Å². The van der Waals surface area contributed by atoms with E-state index in [1.54, 1.807) is 0 Å². The second-order valence-electron chi connectivity index (χ2n) is 6.72. The summed E-state index contributed by atoms with van der Waals surface area (Å²) in [4.78, 5) is 0. The second kappa shape index (κ2) is 6.99. The van der Waals surface area contributed by atoms with Gasteiger partial charge in [-0.3, -0.25) is 0 Å². The van der Waals surface area contributed by atoms with Crippen LogP contribution in [0.15, 0.2) is 0 Å². The van der Waals surface area contributed by atoms with Gasteiger partial charge in [0.25, 0.3) is 0 Å². The first kappa shape index (κ1) is 15.1. The molecule has 4 heteroatoms. The summed E-state index contributed by atoms with van der Waals surface area (Å²) in [5, 5.41) is 3.77. The summed E-state index contributed by atoms with van der Waals surface area (Å²) >= 11 is 2.07. The first-order valence-corrected chi connectivity index (χ1v) is 9.50. The van der Waals surface area contributed by atoms with Crippen LogP contribution < -0.4 is 5.32 Å². The highest BCUT2D eigenvalue weighted by Gasteiger charge is 2.42. The molecule has 4 atom stereocenters. The van der Waals surface area contributed by atoms with E-state index in [4.69, 9.17) is 9.47 Å². The Hall–Kier alpha value is 0.230. The molecule has 0 aromatic rings. The molecule has 0 amide bonds. The summed E-state index contributed by atoms with van der Waals surface area (Å²) in [5.41, 5.74) is 0.216. The van der Waals surface area contributed by atoms with Crippen LogP contribution in [0.5, 0.6) is 0 Å². The van der Waals surface area contributed by atoms with Gasteiger partial charge in [0.15, 0.2) is 0 Å². The first-order chi connectivity index (χ1) is 9.81. The molecule has 3 aliphatic rings. The fourth-order valence-corrected chi connectivity index (χ4v) is 5.48. The molecule has 3 aliphatic heterocycles. The zero-order chi connectivity index (χ0) is 13.8. The van der Waals surface area contributed by atoms with Crippen molar-refractivity contribution < 1.29 is 9.47 Å². The van der Waals surface area contributed by atoms with E-state index in [1.807, 2.05) is 0 Å². The number of rotatable bonds is 5. The fraction of sp³-hybridized carbons (Fsp3) is 1.00. The van der Waals surface area contributed by atoms with Gasteiger partial charge in [0.05, 0.1) is 5.60 Å². The predicted octanol–water partition coefficient (Wildman–Crippen LogP) is 2.69. The van der Waals surface area contributed by atoms with Gasteiger partial charge < -0.3 is 14.8 Å². The molecule has 0 bridgehead atoms. The summed E-state index contributed by atoms with van der Waals surface area (Å²) in [6, 6.07) is 0.665. The predicted molar refractivity (Wildman–Crippen MR) is 84.4 cm³/mol. The topological polar surface area (TPSA) is 30.5 Å². The van der Waals surface area contributed by atoms with Crippen molar-refractivity contribution in [2.24, 2.45) is 11.8 Å². The highest BCUT2D eigenvalue weighted by Crippen LogP contribution is 2.42. The van der Waals surface area contributed by atoms with E-state index in [1.165, 1.54) is 43.6 Å². The van der Waals surface area contributed by atoms with Crippen LogP contribution in [0, 0.1) is 11.8 Å². The zero-order valence-corrected chi connectivity index (χ0v) is 13.6. The first-order valence-electron chi connectivity index (χ1n) is 8.34. The summed E-state index contributed by atoms with van der Waals surface area (Å²) in [6.07, 6.45) is 6.32. The lowest BCUT2D eigenvalue weighted by Gasteiger charge is -2.41. The lowest BCUT2D eigenvalue weighted by molar-refractivity contribution is -0.0861. The molecule has 3 fully saturated rings. The van der Waals surface area contributed by atoms with Crippen molar-refractivity contribution in [2.75, 3.05) is 37.9 Å². The van der Waals surface area contributed by atoms with Gasteiger partial charge in [-0.1, -0.05) is 6.92 Å². The third-order valence-corrected chi connectivity index (χ3v) is 6.47. The summed E-state index contributed by atoms with van der Waals surface area (Å²) in [7, 11) is 0. The second-order valence-corrected chi connectivity index (χ2v) is 7.82. The van der Waals surface area contributed by atoms with Crippen LogP contribution in [-0.2, 0) is 9.47 Å². The van der Waals surface area contributed by atoms with Gasteiger partial charge >= 0.3 is 0 Å². The number of ether oxygens (including phenoxy) is 2. The monoisotopic (exact) mass is 299 g/mol. The summed E-state index contributed by atoms with van der Waals surface area (Å²) < 4.78 is 11.7. The molecule has 3 nitrogen and oxygen atoms in total. The molecule has 20 heavy (non-hydrogen) atoms. The molecule has 3 heterocycles. The zero-order valence-electron chi connectivity index (χ0n) is 12.7. The number of hydrogen-bond donors (Lipinski definition) is 1. The molecule has 1 N–H and O–H groups in total. The Morgan fingerprint density at radius 2 is 2.30 bits per heavy atom. The molecule has 3 rings (SSSR count). The molecular formula is C16H29NO2S. The van der Waals surface area contributed by atoms with E-state index >= 15 is 0 Å². The molecule has 0 aromatic heterocycles. The molecule has 0 aromatic carbocycles. The quantitative estimate of drug-likeness (QED) is 0.845. The van der Waals surface area contributed by atoms with E-state index in [2.05, 4.69) is 24.0 Å². The molecular weight excluding hydrogens is 270 g/mol. The van der Waals surface area contributed by atoms with Gasteiger partial charge in [0.2, 0.25) is 0 Å². The third-order valence-electron chi connectivity index (χ3n) is 5.24. The molecule has 0 saturated carbocycles. The van der Waals surface area contributed by atoms with Crippen LogP contribution in [-0.4, -0.2) is 49.5 Å². The highest BCUT2D eigenvalue weighted by atomic mass is 32.2. The van der Waals surface area contributed by atoms with Crippen molar-refractivity contribution in [1.29, 1.82) is 0 Å². The van der Waals surface area contributed by atoms with Gasteiger partial charge in [-0.15, -0.1) is 0 Å². The Morgan fingerprint density at radius 3 is 3.00 bits per heavy atom. The molecule has 1 spiro atoms. The van der Waals surface area contributed by atoms with Crippen LogP contribution in [0.25, 0.3) is 0 Å². The molecule has 116 valence electrons. The Balaban J connectivity index is 1.60. The van der Waals surface area contributed by atoms with Gasteiger partial charge in [-0.25, -0.2) is 0 Å². The van der Waals surface area contributed by atoms with E-state index in [-0.39, 0.29) is 5.60 Å². The van der Waals surface area contributed by atoms with Crippen LogP contribution in [0.1, 0.15) is 39.0 Å².